The molecule has 0 aromatic rings. The number of aliphatic hydroxyl groups is 1. The van der Waals surface area contributed by atoms with Crippen molar-refractivity contribution in [2.45, 2.75) is 12.5 Å². The van der Waals surface area contributed by atoms with Crippen molar-refractivity contribution in [1.82, 2.24) is 4.90 Å². The van der Waals surface area contributed by atoms with Crippen LogP contribution >= 0.6 is 0 Å². The Morgan fingerprint density at radius 1 is 1.62 bits per heavy atom. The number of likely N-dealkylation sites (tertiary alicyclic amines) is 1. The molecule has 0 spiro atoms. The van der Waals surface area contributed by atoms with Gasteiger partial charge in [-0.15, -0.1) is 0 Å². The Kier molecular flexibility index (Phi) is 3.83. The van der Waals surface area contributed by atoms with Crippen LogP contribution in [-0.2, 0) is 19.1 Å². The minimum absolute atomic E-state index is 0.000980. The highest BCUT2D eigenvalue weighted by Gasteiger charge is 2.36. The minimum atomic E-state index is -1.62. The van der Waals surface area contributed by atoms with E-state index < -0.39 is 24.0 Å². The maximum Gasteiger partial charge on any atom is 0.334 e. The van der Waals surface area contributed by atoms with Crippen LogP contribution in [0.1, 0.15) is 6.42 Å². The van der Waals surface area contributed by atoms with Crippen molar-refractivity contribution in [2.75, 3.05) is 20.2 Å². The fraction of sp³-hybridized carbons (Fsp3) is 0.667. The summed E-state index contributed by atoms with van der Waals surface area (Å²) in [5, 5.41) is 17.5. The molecule has 1 rings (SSSR count). The van der Waals surface area contributed by atoms with Gasteiger partial charge in [0, 0.05) is 13.0 Å². The van der Waals surface area contributed by atoms with Crippen molar-refractivity contribution in [3.8, 4) is 0 Å². The molecule has 0 saturated carbocycles. The molecule has 2 atom stereocenters. The van der Waals surface area contributed by atoms with Crippen molar-refractivity contribution < 1.29 is 29.3 Å². The molecular weight excluding hydrogens is 218 g/mol. The van der Waals surface area contributed by atoms with Gasteiger partial charge < -0.3 is 19.8 Å². The van der Waals surface area contributed by atoms with Crippen molar-refractivity contribution in [2.24, 2.45) is 5.92 Å². The molecule has 16 heavy (non-hydrogen) atoms. The predicted octanol–water partition coefficient (Wildman–Crippen LogP) is -1.55. The molecule has 0 bridgehead atoms. The van der Waals surface area contributed by atoms with E-state index in [9.17, 15) is 14.4 Å². The normalized spacial score (nSPS) is 22.0. The molecule has 7 nitrogen and oxygen atoms in total. The second kappa shape index (κ2) is 4.93. The van der Waals surface area contributed by atoms with Crippen LogP contribution in [0.3, 0.4) is 0 Å². The van der Waals surface area contributed by atoms with E-state index in [4.69, 9.17) is 10.2 Å². The number of amides is 1. The zero-order chi connectivity index (χ0) is 12.3. The second-order valence-electron chi connectivity index (χ2n) is 3.58. The lowest BCUT2D eigenvalue weighted by Gasteiger charge is -2.17. The molecule has 7 heteroatoms. The van der Waals surface area contributed by atoms with E-state index in [2.05, 4.69) is 4.74 Å². The molecule has 1 unspecified atom stereocenters. The molecule has 0 aromatic carbocycles. The van der Waals surface area contributed by atoms with E-state index >= 15 is 0 Å². The first kappa shape index (κ1) is 12.4. The lowest BCUT2D eigenvalue weighted by molar-refractivity contribution is -0.148. The average molecular weight is 231 g/mol. The third kappa shape index (κ3) is 2.69. The highest BCUT2D eigenvalue weighted by Crippen LogP contribution is 2.19. The number of aliphatic hydroxyl groups excluding tert-OH is 1. The fourth-order valence-corrected chi connectivity index (χ4v) is 1.56. The number of rotatable bonds is 4. The summed E-state index contributed by atoms with van der Waals surface area (Å²) >= 11 is 0. The first-order valence-corrected chi connectivity index (χ1v) is 4.72. The van der Waals surface area contributed by atoms with Crippen molar-refractivity contribution in [1.29, 1.82) is 0 Å². The number of aliphatic carboxylic acids is 1. The van der Waals surface area contributed by atoms with Gasteiger partial charge in [0.05, 0.1) is 19.6 Å². The summed E-state index contributed by atoms with van der Waals surface area (Å²) in [7, 11) is 1.22. The summed E-state index contributed by atoms with van der Waals surface area (Å²) in [6, 6.07) is 0. The highest BCUT2D eigenvalue weighted by molar-refractivity contribution is 5.87. The van der Waals surface area contributed by atoms with Gasteiger partial charge in [-0.2, -0.15) is 0 Å². The summed E-state index contributed by atoms with van der Waals surface area (Å²) in [6.45, 7) is -0.211. The molecule has 90 valence electrons. The Morgan fingerprint density at radius 2 is 2.25 bits per heavy atom. The highest BCUT2D eigenvalue weighted by atomic mass is 16.5. The van der Waals surface area contributed by atoms with Crippen molar-refractivity contribution in [3.05, 3.63) is 0 Å². The number of carbonyl (C=O) groups excluding carboxylic acids is 2. The third-order valence-electron chi connectivity index (χ3n) is 2.43. The molecule has 0 aliphatic carbocycles. The van der Waals surface area contributed by atoms with Gasteiger partial charge in [0.1, 0.15) is 0 Å². The molecule has 1 fully saturated rings. The summed E-state index contributed by atoms with van der Waals surface area (Å²) < 4.78 is 4.49. The molecule has 1 heterocycles. The van der Waals surface area contributed by atoms with Crippen molar-refractivity contribution in [3.63, 3.8) is 0 Å². The number of esters is 1. The lowest BCUT2D eigenvalue weighted by atomic mass is 10.1. The molecule has 1 amide bonds. The van der Waals surface area contributed by atoms with Crippen LogP contribution in [0.4, 0.5) is 0 Å². The van der Waals surface area contributed by atoms with Crippen molar-refractivity contribution >= 4 is 17.8 Å². The Bertz CT molecular complexity index is 315. The molecule has 1 aliphatic rings. The number of hydrogen-bond donors (Lipinski definition) is 2. The third-order valence-corrected chi connectivity index (χ3v) is 2.43. The Labute approximate surface area is 91.6 Å². The fourth-order valence-electron chi connectivity index (χ4n) is 1.56. The van der Waals surface area contributed by atoms with E-state index in [0.29, 0.717) is 0 Å². The number of hydrogen-bond acceptors (Lipinski definition) is 5. The lowest BCUT2D eigenvalue weighted by Crippen LogP contribution is -2.38. The SMILES string of the molecule is COC(=O)C1CC(=O)N(C[C@H](O)C(=O)O)C1. The van der Waals surface area contributed by atoms with Crippen LogP contribution in [0.2, 0.25) is 0 Å². The molecule has 2 N–H and O–H groups in total. The molecule has 0 radical (unpaired) electrons. The Morgan fingerprint density at radius 3 is 2.75 bits per heavy atom. The standard InChI is InChI=1S/C9H13NO6/c1-16-9(15)5-2-7(12)10(3-5)4-6(11)8(13)14/h5-6,11H,2-4H2,1H3,(H,13,14)/t5?,6-/m0/s1. The van der Waals surface area contributed by atoms with Gasteiger partial charge in [0.25, 0.3) is 0 Å². The maximum absolute atomic E-state index is 11.4. The van der Waals surface area contributed by atoms with Crippen LogP contribution < -0.4 is 0 Å². The predicted molar refractivity (Wildman–Crippen MR) is 50.3 cm³/mol. The molecular formula is C9H13NO6. The largest absolute Gasteiger partial charge is 0.479 e. The number of β-amino-alcohol motifs (C(OH)–C–C–N with tert-alkyl or cyclic N) is 1. The number of ether oxygens (including phenoxy) is 1. The second-order valence-corrected chi connectivity index (χ2v) is 3.58. The van der Waals surface area contributed by atoms with Crippen LogP contribution in [-0.4, -0.2) is 59.3 Å². The number of nitrogens with zero attached hydrogens (tertiary/aromatic N) is 1. The number of carboxylic acid groups (broad SMARTS) is 1. The molecule has 0 aromatic heterocycles. The minimum Gasteiger partial charge on any atom is -0.479 e. The number of methoxy groups -OCH3 is 1. The number of carboxylic acids is 1. The average Bonchev–Trinajstić information content (AvgIpc) is 2.59. The first-order valence-electron chi connectivity index (χ1n) is 4.72. The van der Waals surface area contributed by atoms with Gasteiger partial charge in [0.2, 0.25) is 5.91 Å². The zero-order valence-electron chi connectivity index (χ0n) is 8.75. The monoisotopic (exact) mass is 231 g/mol. The van der Waals surface area contributed by atoms with Crippen LogP contribution in [0.5, 0.6) is 0 Å². The Balaban J connectivity index is 2.55. The van der Waals surface area contributed by atoms with Gasteiger partial charge >= 0.3 is 11.9 Å². The van der Waals surface area contributed by atoms with Crippen LogP contribution in [0, 0.1) is 5.92 Å². The van der Waals surface area contributed by atoms with E-state index in [1.54, 1.807) is 0 Å². The van der Waals surface area contributed by atoms with E-state index in [-0.39, 0.29) is 25.4 Å². The van der Waals surface area contributed by atoms with Gasteiger partial charge in [-0.05, 0) is 0 Å². The topological polar surface area (TPSA) is 104 Å². The van der Waals surface area contributed by atoms with E-state index in [1.807, 2.05) is 0 Å². The van der Waals surface area contributed by atoms with Crippen LogP contribution in [0.25, 0.3) is 0 Å². The van der Waals surface area contributed by atoms with Crippen LogP contribution in [0.15, 0.2) is 0 Å². The quantitative estimate of drug-likeness (QED) is 0.568. The van der Waals surface area contributed by atoms with E-state index in [1.165, 1.54) is 7.11 Å². The summed E-state index contributed by atoms with van der Waals surface area (Å²) in [4.78, 5) is 34.1. The van der Waals surface area contributed by atoms with Gasteiger partial charge in [-0.25, -0.2) is 4.79 Å². The number of carbonyl (C=O) groups is 3. The summed E-state index contributed by atoms with van der Waals surface area (Å²) in [5.74, 6) is -2.82. The first-order chi connectivity index (χ1) is 7.45. The van der Waals surface area contributed by atoms with Gasteiger partial charge in [-0.1, -0.05) is 0 Å². The van der Waals surface area contributed by atoms with E-state index in [0.717, 1.165) is 4.90 Å². The zero-order valence-corrected chi connectivity index (χ0v) is 8.75. The van der Waals surface area contributed by atoms with Gasteiger partial charge in [-0.3, -0.25) is 9.59 Å². The summed E-state index contributed by atoms with van der Waals surface area (Å²) in [6.07, 6.45) is -1.63. The molecule has 1 aliphatic heterocycles. The maximum atomic E-state index is 11.4. The molecule has 1 saturated heterocycles. The smallest absolute Gasteiger partial charge is 0.334 e. The van der Waals surface area contributed by atoms with Gasteiger partial charge in [0.15, 0.2) is 6.10 Å². The summed E-state index contributed by atoms with van der Waals surface area (Å²) in [5.41, 5.74) is 0. The Hall–Kier alpha value is -1.63.